The van der Waals surface area contributed by atoms with Gasteiger partial charge in [-0.15, -0.1) is 0 Å². The molecule has 0 N–H and O–H groups in total. The topological polar surface area (TPSA) is 39.9 Å². The molecular formula is C22H17N3O. The first kappa shape index (κ1) is 15.8. The van der Waals surface area contributed by atoms with Gasteiger partial charge in [-0.1, -0.05) is 72.8 Å². The van der Waals surface area contributed by atoms with Crippen molar-refractivity contribution in [1.82, 2.24) is 14.8 Å². The SMILES string of the molecule is C(=C(\Oc1ccc(-c2ccccc2)cc1)n1cncn1)/c1ccccc1. The van der Waals surface area contributed by atoms with Crippen LogP contribution in [-0.4, -0.2) is 14.8 Å². The maximum atomic E-state index is 6.08. The second-order valence-electron chi connectivity index (χ2n) is 5.73. The largest absolute Gasteiger partial charge is 0.439 e. The van der Waals surface area contributed by atoms with Gasteiger partial charge in [0, 0.05) is 6.08 Å². The quantitative estimate of drug-likeness (QED) is 0.481. The van der Waals surface area contributed by atoms with Crippen LogP contribution >= 0.6 is 0 Å². The first-order chi connectivity index (χ1) is 12.9. The van der Waals surface area contributed by atoms with Crippen molar-refractivity contribution < 1.29 is 4.74 Å². The van der Waals surface area contributed by atoms with Gasteiger partial charge < -0.3 is 4.74 Å². The third-order valence-electron chi connectivity index (χ3n) is 3.92. The van der Waals surface area contributed by atoms with Crippen LogP contribution in [0, 0.1) is 0 Å². The van der Waals surface area contributed by atoms with E-state index in [4.69, 9.17) is 4.74 Å². The molecule has 0 aliphatic carbocycles. The molecule has 0 radical (unpaired) electrons. The minimum atomic E-state index is 0.584. The lowest BCUT2D eigenvalue weighted by molar-refractivity contribution is 0.469. The molecule has 0 aliphatic rings. The fourth-order valence-electron chi connectivity index (χ4n) is 2.62. The summed E-state index contributed by atoms with van der Waals surface area (Å²) in [6.45, 7) is 0. The van der Waals surface area contributed by atoms with Crippen LogP contribution in [-0.2, 0) is 0 Å². The molecular weight excluding hydrogens is 322 g/mol. The molecule has 126 valence electrons. The Labute approximate surface area is 152 Å². The number of hydrogen-bond donors (Lipinski definition) is 0. The molecule has 0 saturated carbocycles. The highest BCUT2D eigenvalue weighted by Crippen LogP contribution is 2.24. The Balaban J connectivity index is 1.61. The van der Waals surface area contributed by atoms with Gasteiger partial charge in [0.05, 0.1) is 0 Å². The molecule has 4 rings (SSSR count). The molecule has 4 nitrogen and oxygen atoms in total. The van der Waals surface area contributed by atoms with E-state index in [1.165, 1.54) is 11.9 Å². The maximum Gasteiger partial charge on any atom is 0.222 e. The zero-order valence-corrected chi connectivity index (χ0v) is 14.1. The zero-order chi connectivity index (χ0) is 17.6. The number of ether oxygens (including phenoxy) is 1. The molecule has 0 bridgehead atoms. The number of nitrogens with zero attached hydrogens (tertiary/aromatic N) is 3. The van der Waals surface area contributed by atoms with Gasteiger partial charge in [0.2, 0.25) is 5.88 Å². The Hall–Kier alpha value is -3.66. The summed E-state index contributed by atoms with van der Waals surface area (Å²) in [5.41, 5.74) is 3.35. The summed E-state index contributed by atoms with van der Waals surface area (Å²) in [6, 6.07) is 28.2. The van der Waals surface area contributed by atoms with Crippen LogP contribution in [0.3, 0.4) is 0 Å². The van der Waals surface area contributed by atoms with Gasteiger partial charge in [-0.2, -0.15) is 9.78 Å². The van der Waals surface area contributed by atoms with Crippen LogP contribution in [0.2, 0.25) is 0 Å². The highest BCUT2D eigenvalue weighted by molar-refractivity contribution is 5.68. The molecule has 3 aromatic carbocycles. The number of hydrogen-bond acceptors (Lipinski definition) is 3. The highest BCUT2D eigenvalue weighted by Gasteiger charge is 2.06. The summed E-state index contributed by atoms with van der Waals surface area (Å²) in [7, 11) is 0. The van der Waals surface area contributed by atoms with Crippen LogP contribution in [0.4, 0.5) is 0 Å². The monoisotopic (exact) mass is 339 g/mol. The summed E-state index contributed by atoms with van der Waals surface area (Å²) < 4.78 is 7.68. The number of aromatic nitrogens is 3. The minimum absolute atomic E-state index is 0.584. The van der Waals surface area contributed by atoms with E-state index in [-0.39, 0.29) is 0 Å². The average Bonchev–Trinajstić information content (AvgIpc) is 3.24. The molecule has 4 aromatic rings. The van der Waals surface area contributed by atoms with Crippen molar-refractivity contribution in [3.05, 3.63) is 103 Å². The minimum Gasteiger partial charge on any atom is -0.439 e. The molecule has 0 atom stereocenters. The molecule has 0 unspecified atom stereocenters. The third-order valence-corrected chi connectivity index (χ3v) is 3.92. The summed E-state index contributed by atoms with van der Waals surface area (Å²) in [4.78, 5) is 4.01. The van der Waals surface area contributed by atoms with Crippen LogP contribution in [0.15, 0.2) is 97.6 Å². The van der Waals surface area contributed by atoms with Crippen molar-refractivity contribution in [2.45, 2.75) is 0 Å². The van der Waals surface area contributed by atoms with Gasteiger partial charge in [0.15, 0.2) is 0 Å². The van der Waals surface area contributed by atoms with E-state index in [0.29, 0.717) is 5.88 Å². The van der Waals surface area contributed by atoms with Gasteiger partial charge >= 0.3 is 0 Å². The van der Waals surface area contributed by atoms with E-state index < -0.39 is 0 Å². The van der Waals surface area contributed by atoms with Crippen molar-refractivity contribution >= 4 is 12.0 Å². The second kappa shape index (κ2) is 7.49. The Kier molecular flexibility index (Phi) is 4.56. The summed E-state index contributed by atoms with van der Waals surface area (Å²) in [5.74, 6) is 1.32. The normalized spacial score (nSPS) is 11.3. The second-order valence-corrected chi connectivity index (χ2v) is 5.73. The van der Waals surface area contributed by atoms with Crippen LogP contribution in [0.1, 0.15) is 5.56 Å². The van der Waals surface area contributed by atoms with Gasteiger partial charge in [0.1, 0.15) is 18.4 Å². The Morgan fingerprint density at radius 2 is 1.42 bits per heavy atom. The predicted octanol–water partition coefficient (Wildman–Crippen LogP) is 4.98. The van der Waals surface area contributed by atoms with Crippen molar-refractivity contribution in [3.8, 4) is 16.9 Å². The lowest BCUT2D eigenvalue weighted by Crippen LogP contribution is -2.04. The van der Waals surface area contributed by atoms with Gasteiger partial charge in [-0.3, -0.25) is 0 Å². The molecule has 26 heavy (non-hydrogen) atoms. The fraction of sp³-hybridized carbons (Fsp3) is 0. The molecule has 0 fully saturated rings. The molecule has 4 heteroatoms. The standard InChI is InChI=1S/C22H17N3O/c1-3-7-18(8-4-1)15-22(25-17-23-16-24-25)26-21-13-11-20(12-14-21)19-9-5-2-6-10-19/h1-17H/b22-15+. The van der Waals surface area contributed by atoms with Gasteiger partial charge in [-0.25, -0.2) is 4.98 Å². The highest BCUT2D eigenvalue weighted by atomic mass is 16.5. The van der Waals surface area contributed by atoms with E-state index in [2.05, 4.69) is 22.2 Å². The zero-order valence-electron chi connectivity index (χ0n) is 14.1. The molecule has 1 heterocycles. The maximum absolute atomic E-state index is 6.08. The molecule has 0 saturated heterocycles. The van der Waals surface area contributed by atoms with Crippen LogP contribution in [0.5, 0.6) is 5.75 Å². The third kappa shape index (κ3) is 3.70. The van der Waals surface area contributed by atoms with Crippen molar-refractivity contribution in [2.75, 3.05) is 0 Å². The number of benzene rings is 3. The first-order valence-corrected chi connectivity index (χ1v) is 8.33. The summed E-state index contributed by atoms with van der Waals surface area (Å²) in [5, 5.41) is 4.19. The summed E-state index contributed by atoms with van der Waals surface area (Å²) >= 11 is 0. The van der Waals surface area contributed by atoms with Crippen molar-refractivity contribution in [1.29, 1.82) is 0 Å². The van der Waals surface area contributed by atoms with Crippen LogP contribution in [0.25, 0.3) is 23.1 Å². The van der Waals surface area contributed by atoms with E-state index in [9.17, 15) is 0 Å². The predicted molar refractivity (Wildman–Crippen MR) is 103 cm³/mol. The lowest BCUT2D eigenvalue weighted by atomic mass is 10.1. The van der Waals surface area contributed by atoms with Gasteiger partial charge in [0.25, 0.3) is 0 Å². The van der Waals surface area contributed by atoms with E-state index >= 15 is 0 Å². The Bertz CT molecular complexity index is 977. The molecule has 1 aromatic heterocycles. The number of rotatable bonds is 5. The van der Waals surface area contributed by atoms with Gasteiger partial charge in [-0.05, 0) is 28.8 Å². The Morgan fingerprint density at radius 1 is 0.769 bits per heavy atom. The van der Waals surface area contributed by atoms with Crippen molar-refractivity contribution in [3.63, 3.8) is 0 Å². The lowest BCUT2D eigenvalue weighted by Gasteiger charge is -2.10. The summed E-state index contributed by atoms with van der Waals surface area (Å²) in [6.07, 6.45) is 5.04. The first-order valence-electron chi connectivity index (χ1n) is 8.33. The smallest absolute Gasteiger partial charge is 0.222 e. The Morgan fingerprint density at radius 3 is 2.08 bits per heavy atom. The molecule has 0 amide bonds. The fourth-order valence-corrected chi connectivity index (χ4v) is 2.62. The van der Waals surface area contributed by atoms with E-state index in [1.807, 2.05) is 78.9 Å². The van der Waals surface area contributed by atoms with E-state index in [1.54, 1.807) is 11.0 Å². The van der Waals surface area contributed by atoms with E-state index in [0.717, 1.165) is 16.9 Å². The van der Waals surface area contributed by atoms with Crippen molar-refractivity contribution in [2.24, 2.45) is 0 Å². The molecule has 0 aliphatic heterocycles. The average molecular weight is 339 g/mol. The molecule has 0 spiro atoms. The van der Waals surface area contributed by atoms with Crippen LogP contribution < -0.4 is 4.74 Å².